The molecule has 0 saturated carbocycles. The molecule has 3 rings (SSSR count). The number of anilines is 1. The summed E-state index contributed by atoms with van der Waals surface area (Å²) in [7, 11) is 0. The van der Waals surface area contributed by atoms with E-state index in [1.807, 2.05) is 35.0 Å². The highest BCUT2D eigenvalue weighted by Crippen LogP contribution is 2.34. The molecule has 27 heavy (non-hydrogen) atoms. The average Bonchev–Trinajstić information content (AvgIpc) is 3.16. The van der Waals surface area contributed by atoms with Crippen LogP contribution in [0.5, 0.6) is 0 Å². The van der Waals surface area contributed by atoms with E-state index in [0.29, 0.717) is 0 Å². The van der Waals surface area contributed by atoms with Crippen LogP contribution in [0.25, 0.3) is 5.69 Å². The minimum Gasteiger partial charge on any atom is -0.331 e. The Morgan fingerprint density at radius 1 is 1.11 bits per heavy atom. The molecular weight excluding hydrogens is 375 g/mol. The van der Waals surface area contributed by atoms with Gasteiger partial charge in [-0.15, -0.1) is 0 Å². The van der Waals surface area contributed by atoms with Gasteiger partial charge in [0.15, 0.2) is 5.11 Å². The molecule has 0 fully saturated rings. The molecule has 0 atom stereocenters. The van der Waals surface area contributed by atoms with Gasteiger partial charge >= 0.3 is 6.18 Å². The van der Waals surface area contributed by atoms with E-state index in [1.54, 1.807) is 12.5 Å². The van der Waals surface area contributed by atoms with E-state index in [4.69, 9.17) is 12.2 Å². The molecule has 0 bridgehead atoms. The number of halogens is 3. The second-order valence-corrected chi connectivity index (χ2v) is 5.84. The smallest absolute Gasteiger partial charge is 0.331 e. The average molecular weight is 389 g/mol. The third-order valence-electron chi connectivity index (χ3n) is 3.56. The molecule has 0 aliphatic heterocycles. The first-order valence-corrected chi connectivity index (χ1v) is 8.19. The Hall–Kier alpha value is -3.20. The molecule has 0 aliphatic carbocycles. The molecule has 3 aromatic rings. The minimum absolute atomic E-state index is 0.0435. The van der Waals surface area contributed by atoms with Gasteiger partial charge in [-0.05, 0) is 42.0 Å². The number of hydrazone groups is 1. The molecule has 2 N–H and O–H groups in total. The van der Waals surface area contributed by atoms with Crippen molar-refractivity contribution in [3.05, 3.63) is 78.4 Å². The zero-order valence-electron chi connectivity index (χ0n) is 13.8. The Balaban J connectivity index is 1.60. The second kappa shape index (κ2) is 8.00. The van der Waals surface area contributed by atoms with Crippen molar-refractivity contribution in [2.75, 3.05) is 5.32 Å². The van der Waals surface area contributed by atoms with Gasteiger partial charge < -0.3 is 9.88 Å². The van der Waals surface area contributed by atoms with Crippen LogP contribution in [0.1, 0.15) is 11.1 Å². The molecule has 0 aliphatic rings. The monoisotopic (exact) mass is 389 g/mol. The molecule has 9 heteroatoms. The number of para-hydroxylation sites is 1. The van der Waals surface area contributed by atoms with Gasteiger partial charge in [0.1, 0.15) is 0 Å². The number of nitrogens with one attached hydrogen (secondary N) is 2. The van der Waals surface area contributed by atoms with Crippen LogP contribution in [0.3, 0.4) is 0 Å². The predicted molar refractivity (Wildman–Crippen MR) is 102 cm³/mol. The summed E-state index contributed by atoms with van der Waals surface area (Å²) in [4.78, 5) is 3.98. The van der Waals surface area contributed by atoms with Crippen LogP contribution in [-0.4, -0.2) is 20.9 Å². The van der Waals surface area contributed by atoms with E-state index in [1.165, 1.54) is 24.4 Å². The van der Waals surface area contributed by atoms with Crippen molar-refractivity contribution in [2.45, 2.75) is 6.18 Å². The number of hydrogen-bond donors (Lipinski definition) is 2. The van der Waals surface area contributed by atoms with Gasteiger partial charge in [-0.25, -0.2) is 4.98 Å². The Morgan fingerprint density at radius 2 is 1.85 bits per heavy atom. The Bertz CT molecular complexity index is 934. The number of imidazole rings is 1. The fourth-order valence-corrected chi connectivity index (χ4v) is 2.46. The van der Waals surface area contributed by atoms with Crippen LogP contribution in [0.4, 0.5) is 18.9 Å². The van der Waals surface area contributed by atoms with Crippen molar-refractivity contribution in [1.82, 2.24) is 15.0 Å². The lowest BCUT2D eigenvalue weighted by Crippen LogP contribution is -2.25. The van der Waals surface area contributed by atoms with Gasteiger partial charge in [0.05, 0.1) is 23.8 Å². The molecule has 0 amide bonds. The SMILES string of the molecule is FC(F)(F)c1ccccc1NC(=S)N/N=C/c1ccc(-n2ccnc2)cc1. The highest BCUT2D eigenvalue weighted by atomic mass is 32.1. The molecule has 1 heterocycles. The standard InChI is InChI=1S/C18H14F3N5S/c19-18(20,21)15-3-1-2-4-16(15)24-17(27)25-23-11-13-5-7-14(8-6-13)26-10-9-22-12-26/h1-12H,(H2,24,25,27)/b23-11+. The lowest BCUT2D eigenvalue weighted by atomic mass is 10.2. The maximum Gasteiger partial charge on any atom is 0.418 e. The largest absolute Gasteiger partial charge is 0.418 e. The van der Waals surface area contributed by atoms with Crippen molar-refractivity contribution >= 4 is 29.2 Å². The van der Waals surface area contributed by atoms with Crippen LogP contribution in [-0.2, 0) is 6.18 Å². The maximum absolute atomic E-state index is 13.0. The number of thiocarbonyl (C=S) groups is 1. The molecule has 0 saturated heterocycles. The molecule has 1 aromatic heterocycles. The first-order chi connectivity index (χ1) is 12.9. The molecule has 0 unspecified atom stereocenters. The highest BCUT2D eigenvalue weighted by Gasteiger charge is 2.33. The summed E-state index contributed by atoms with van der Waals surface area (Å²) in [6, 6.07) is 12.6. The van der Waals surface area contributed by atoms with Crippen molar-refractivity contribution in [3.8, 4) is 5.69 Å². The van der Waals surface area contributed by atoms with Gasteiger partial charge in [0.2, 0.25) is 0 Å². The number of nitrogens with zero attached hydrogens (tertiary/aromatic N) is 3. The maximum atomic E-state index is 13.0. The topological polar surface area (TPSA) is 54.2 Å². The number of rotatable bonds is 4. The predicted octanol–water partition coefficient (Wildman–Crippen LogP) is 4.21. The normalized spacial score (nSPS) is 11.5. The molecule has 138 valence electrons. The van der Waals surface area contributed by atoms with Crippen molar-refractivity contribution in [2.24, 2.45) is 5.10 Å². The number of alkyl halides is 3. The Morgan fingerprint density at radius 3 is 2.52 bits per heavy atom. The van der Waals surface area contributed by atoms with Crippen LogP contribution < -0.4 is 10.7 Å². The van der Waals surface area contributed by atoms with E-state index in [9.17, 15) is 13.2 Å². The lowest BCUT2D eigenvalue weighted by Gasteiger charge is -2.14. The van der Waals surface area contributed by atoms with E-state index in [0.717, 1.165) is 17.3 Å². The van der Waals surface area contributed by atoms with E-state index in [2.05, 4.69) is 20.8 Å². The zero-order chi connectivity index (χ0) is 19.3. The van der Waals surface area contributed by atoms with Gasteiger partial charge in [-0.2, -0.15) is 18.3 Å². The Labute approximate surface area is 158 Å². The summed E-state index contributed by atoms with van der Waals surface area (Å²) >= 11 is 5.00. The summed E-state index contributed by atoms with van der Waals surface area (Å²) in [5.41, 5.74) is 3.31. The molecular formula is C18H14F3N5S. The van der Waals surface area contributed by atoms with Crippen LogP contribution >= 0.6 is 12.2 Å². The first-order valence-electron chi connectivity index (χ1n) is 7.78. The van der Waals surface area contributed by atoms with Crippen molar-refractivity contribution in [3.63, 3.8) is 0 Å². The van der Waals surface area contributed by atoms with E-state index >= 15 is 0 Å². The van der Waals surface area contributed by atoms with Crippen LogP contribution in [0, 0.1) is 0 Å². The van der Waals surface area contributed by atoms with Crippen molar-refractivity contribution in [1.29, 1.82) is 0 Å². The van der Waals surface area contributed by atoms with Gasteiger partial charge in [-0.1, -0.05) is 24.3 Å². The minimum atomic E-state index is -4.47. The summed E-state index contributed by atoms with van der Waals surface area (Å²) < 4.78 is 40.8. The second-order valence-electron chi connectivity index (χ2n) is 5.43. The highest BCUT2D eigenvalue weighted by molar-refractivity contribution is 7.80. The Kier molecular flexibility index (Phi) is 5.51. The van der Waals surface area contributed by atoms with Gasteiger partial charge in [0.25, 0.3) is 0 Å². The zero-order valence-corrected chi connectivity index (χ0v) is 14.6. The van der Waals surface area contributed by atoms with Crippen LogP contribution in [0.15, 0.2) is 72.4 Å². The summed E-state index contributed by atoms with van der Waals surface area (Å²) in [6.45, 7) is 0. The number of aromatic nitrogens is 2. The summed E-state index contributed by atoms with van der Waals surface area (Å²) in [6.07, 6.45) is 2.24. The molecule has 0 spiro atoms. The van der Waals surface area contributed by atoms with Gasteiger partial charge in [0, 0.05) is 18.1 Å². The van der Waals surface area contributed by atoms with Crippen molar-refractivity contribution < 1.29 is 13.2 Å². The van der Waals surface area contributed by atoms with Crippen LogP contribution in [0.2, 0.25) is 0 Å². The molecule has 5 nitrogen and oxygen atoms in total. The first kappa shape index (κ1) is 18.6. The summed E-state index contributed by atoms with van der Waals surface area (Å²) in [5, 5.41) is 6.41. The third kappa shape index (κ3) is 4.91. The molecule has 0 radical (unpaired) electrons. The number of hydrogen-bond acceptors (Lipinski definition) is 3. The molecule has 2 aromatic carbocycles. The van der Waals surface area contributed by atoms with E-state index in [-0.39, 0.29) is 10.8 Å². The quantitative estimate of drug-likeness (QED) is 0.399. The third-order valence-corrected chi connectivity index (χ3v) is 3.75. The van der Waals surface area contributed by atoms with E-state index < -0.39 is 11.7 Å². The summed E-state index contributed by atoms with van der Waals surface area (Å²) in [5.74, 6) is 0. The number of benzene rings is 2. The fourth-order valence-electron chi connectivity index (χ4n) is 2.30. The lowest BCUT2D eigenvalue weighted by molar-refractivity contribution is -0.136. The fraction of sp³-hybridized carbons (Fsp3) is 0.0556. The van der Waals surface area contributed by atoms with Gasteiger partial charge in [-0.3, -0.25) is 5.43 Å².